The van der Waals surface area contributed by atoms with Crippen molar-refractivity contribution in [2.45, 2.75) is 13.8 Å². The molecule has 0 aliphatic rings. The zero-order valence-corrected chi connectivity index (χ0v) is 14.7. The van der Waals surface area contributed by atoms with Gasteiger partial charge in [0.15, 0.2) is 6.61 Å². The van der Waals surface area contributed by atoms with E-state index in [1.54, 1.807) is 18.2 Å². The molecule has 8 heteroatoms. The van der Waals surface area contributed by atoms with Crippen molar-refractivity contribution in [2.75, 3.05) is 6.61 Å². The number of carbonyl (C=O) groups is 1. The molecule has 1 heterocycles. The van der Waals surface area contributed by atoms with Crippen LogP contribution in [0.2, 0.25) is 5.02 Å². The average molecular weight is 363 g/mol. The number of thiazole rings is 1. The average Bonchev–Trinajstić information content (AvgIpc) is 2.97. The van der Waals surface area contributed by atoms with Crippen molar-refractivity contribution in [3.05, 3.63) is 51.1 Å². The summed E-state index contributed by atoms with van der Waals surface area (Å²) in [5.41, 5.74) is 7.04. The fraction of sp³-hybridized carbons (Fsp3) is 0.188. The largest absolute Gasteiger partial charge is 0.483 e. The summed E-state index contributed by atoms with van der Waals surface area (Å²) in [6, 6.07) is 7.18. The second kappa shape index (κ2) is 8.34. The molecule has 2 rings (SSSR count). The van der Waals surface area contributed by atoms with E-state index in [2.05, 4.69) is 15.8 Å². The summed E-state index contributed by atoms with van der Waals surface area (Å²) in [6.07, 6.45) is 1.39. The van der Waals surface area contributed by atoms with Gasteiger partial charge in [0.25, 0.3) is 5.91 Å². The summed E-state index contributed by atoms with van der Waals surface area (Å²) in [7, 11) is 0. The molecule has 1 aromatic heterocycles. The van der Waals surface area contributed by atoms with Gasteiger partial charge in [-0.15, -0.1) is 11.3 Å². The maximum absolute atomic E-state index is 11.8. The Labute approximate surface area is 148 Å². The van der Waals surface area contributed by atoms with Crippen molar-refractivity contribution in [2.24, 2.45) is 0 Å². The monoisotopic (exact) mass is 362 g/mol. The van der Waals surface area contributed by atoms with Crippen LogP contribution in [0.1, 0.15) is 16.3 Å². The van der Waals surface area contributed by atoms with Gasteiger partial charge in [0, 0.05) is 22.3 Å². The van der Waals surface area contributed by atoms with Gasteiger partial charge in [-0.25, -0.2) is 4.98 Å². The maximum atomic E-state index is 11.8. The maximum Gasteiger partial charge on any atom is 0.276 e. The fourth-order valence-corrected chi connectivity index (χ4v) is 2.75. The van der Waals surface area contributed by atoms with E-state index in [4.69, 9.17) is 21.6 Å². The SMILES string of the molecule is Cc1csc(/C(C#N)=C/NNC(=O)COc2ccc(Cl)cc2C)n1. The first-order chi connectivity index (χ1) is 11.5. The molecule has 0 aliphatic carbocycles. The number of benzene rings is 1. The number of aryl methyl sites for hydroxylation is 2. The number of aromatic nitrogens is 1. The molecule has 0 spiro atoms. The van der Waals surface area contributed by atoms with E-state index in [1.165, 1.54) is 17.5 Å². The second-order valence-electron chi connectivity index (χ2n) is 4.85. The van der Waals surface area contributed by atoms with E-state index in [1.807, 2.05) is 25.3 Å². The van der Waals surface area contributed by atoms with Gasteiger partial charge in [-0.1, -0.05) is 11.6 Å². The van der Waals surface area contributed by atoms with Crippen LogP contribution in [0.5, 0.6) is 5.75 Å². The van der Waals surface area contributed by atoms with Crippen LogP contribution in [0, 0.1) is 25.2 Å². The van der Waals surface area contributed by atoms with Crippen LogP contribution < -0.4 is 15.6 Å². The third kappa shape index (κ3) is 4.98. The summed E-state index contributed by atoms with van der Waals surface area (Å²) in [4.78, 5) is 16.0. The molecular formula is C16H15ClN4O2S. The van der Waals surface area contributed by atoms with Crippen LogP contribution in [0.3, 0.4) is 0 Å². The van der Waals surface area contributed by atoms with Crippen LogP contribution in [-0.4, -0.2) is 17.5 Å². The van der Waals surface area contributed by atoms with E-state index in [-0.39, 0.29) is 12.5 Å². The summed E-state index contributed by atoms with van der Waals surface area (Å²) in [5, 5.41) is 12.2. The topological polar surface area (TPSA) is 87.0 Å². The number of nitrogens with one attached hydrogen (secondary N) is 2. The molecule has 2 aromatic rings. The third-order valence-corrected chi connectivity index (χ3v) is 4.12. The molecule has 0 unspecified atom stereocenters. The summed E-state index contributed by atoms with van der Waals surface area (Å²) in [6.45, 7) is 3.52. The highest BCUT2D eigenvalue weighted by Gasteiger charge is 2.07. The molecule has 0 radical (unpaired) electrons. The first-order valence-corrected chi connectivity index (χ1v) is 8.21. The van der Waals surface area contributed by atoms with Gasteiger partial charge in [-0.2, -0.15) is 5.26 Å². The molecule has 0 aliphatic heterocycles. The molecule has 0 fully saturated rings. The normalized spacial score (nSPS) is 10.8. The number of ether oxygens (including phenoxy) is 1. The lowest BCUT2D eigenvalue weighted by molar-refractivity contribution is -0.123. The van der Waals surface area contributed by atoms with Gasteiger partial charge < -0.3 is 10.2 Å². The van der Waals surface area contributed by atoms with E-state index in [0.717, 1.165) is 11.3 Å². The van der Waals surface area contributed by atoms with E-state index < -0.39 is 0 Å². The van der Waals surface area contributed by atoms with E-state index in [9.17, 15) is 4.79 Å². The molecule has 0 saturated heterocycles. The molecule has 1 aromatic carbocycles. The fourth-order valence-electron chi connectivity index (χ4n) is 1.76. The summed E-state index contributed by atoms with van der Waals surface area (Å²) < 4.78 is 5.42. The summed E-state index contributed by atoms with van der Waals surface area (Å²) >= 11 is 7.22. The lowest BCUT2D eigenvalue weighted by atomic mass is 10.2. The van der Waals surface area contributed by atoms with E-state index >= 15 is 0 Å². The highest BCUT2D eigenvalue weighted by molar-refractivity contribution is 7.10. The second-order valence-corrected chi connectivity index (χ2v) is 6.15. The van der Waals surface area contributed by atoms with Crippen LogP contribution in [0.4, 0.5) is 0 Å². The lowest BCUT2D eigenvalue weighted by Crippen LogP contribution is -2.37. The van der Waals surface area contributed by atoms with Gasteiger partial charge in [-0.3, -0.25) is 10.2 Å². The molecule has 0 bridgehead atoms. The standard InChI is InChI=1S/C16H15ClN4O2S/c1-10-5-13(17)3-4-14(10)23-8-15(22)21-19-7-12(6-18)16-20-11(2)9-24-16/h3-5,7,9,19H,8H2,1-2H3,(H,21,22)/b12-7+. The number of hydrogen-bond donors (Lipinski definition) is 2. The Morgan fingerprint density at radius 1 is 1.50 bits per heavy atom. The van der Waals surface area contributed by atoms with Gasteiger partial charge >= 0.3 is 0 Å². The van der Waals surface area contributed by atoms with Crippen molar-refractivity contribution in [1.29, 1.82) is 5.26 Å². The number of amides is 1. The zero-order chi connectivity index (χ0) is 17.5. The van der Waals surface area contributed by atoms with Crippen molar-refractivity contribution in [3.63, 3.8) is 0 Å². The van der Waals surface area contributed by atoms with Crippen LogP contribution in [0.25, 0.3) is 5.57 Å². The van der Waals surface area contributed by atoms with Gasteiger partial charge in [0.05, 0.1) is 0 Å². The van der Waals surface area contributed by atoms with Crippen molar-refractivity contribution < 1.29 is 9.53 Å². The lowest BCUT2D eigenvalue weighted by Gasteiger charge is -2.09. The van der Waals surface area contributed by atoms with Crippen molar-refractivity contribution >= 4 is 34.4 Å². The van der Waals surface area contributed by atoms with E-state index in [0.29, 0.717) is 21.4 Å². The zero-order valence-electron chi connectivity index (χ0n) is 13.1. The Morgan fingerprint density at radius 2 is 2.29 bits per heavy atom. The Morgan fingerprint density at radius 3 is 2.92 bits per heavy atom. The minimum Gasteiger partial charge on any atom is -0.483 e. The van der Waals surface area contributed by atoms with Crippen LogP contribution in [0.15, 0.2) is 29.8 Å². The highest BCUT2D eigenvalue weighted by Crippen LogP contribution is 2.21. The van der Waals surface area contributed by atoms with Gasteiger partial charge in [-0.05, 0) is 37.6 Å². The molecule has 0 atom stereocenters. The number of allylic oxidation sites excluding steroid dienone is 1. The number of nitrogens with zero attached hydrogens (tertiary/aromatic N) is 2. The molecule has 124 valence electrons. The Balaban J connectivity index is 1.84. The molecule has 1 amide bonds. The van der Waals surface area contributed by atoms with Gasteiger partial charge in [0.2, 0.25) is 0 Å². The number of nitriles is 1. The van der Waals surface area contributed by atoms with Crippen molar-refractivity contribution in [3.8, 4) is 11.8 Å². The smallest absolute Gasteiger partial charge is 0.276 e. The number of halogens is 1. The minimum atomic E-state index is -0.381. The Hall–Kier alpha value is -2.56. The molecule has 0 saturated carbocycles. The predicted molar refractivity (Wildman–Crippen MR) is 93.4 cm³/mol. The highest BCUT2D eigenvalue weighted by atomic mass is 35.5. The first-order valence-electron chi connectivity index (χ1n) is 6.95. The summed E-state index contributed by atoms with van der Waals surface area (Å²) in [5.74, 6) is 0.203. The number of rotatable bonds is 6. The van der Waals surface area contributed by atoms with Crippen molar-refractivity contribution in [1.82, 2.24) is 15.8 Å². The molecular weight excluding hydrogens is 348 g/mol. The minimum absolute atomic E-state index is 0.165. The number of carbonyl (C=O) groups excluding carboxylic acids is 1. The van der Waals surface area contributed by atoms with Gasteiger partial charge in [0.1, 0.15) is 22.4 Å². The Kier molecular flexibility index (Phi) is 6.18. The quantitative estimate of drug-likeness (QED) is 0.609. The molecule has 2 N–H and O–H groups in total. The predicted octanol–water partition coefficient (Wildman–Crippen LogP) is 2.98. The Bertz CT molecular complexity index is 811. The number of hydrazine groups is 1. The molecule has 24 heavy (non-hydrogen) atoms. The molecule has 6 nitrogen and oxygen atoms in total. The third-order valence-electron chi connectivity index (χ3n) is 2.89. The van der Waals surface area contributed by atoms with Crippen LogP contribution in [-0.2, 0) is 4.79 Å². The van der Waals surface area contributed by atoms with Crippen LogP contribution >= 0.6 is 22.9 Å². The number of hydrogen-bond acceptors (Lipinski definition) is 6. The first kappa shape index (κ1) is 17.8.